The fourth-order valence-electron chi connectivity index (χ4n) is 3.41. The SMILES string of the molecule is C[C@@H](NC(=O)CN1c2cccc3cccc(c23)S1(=O)=O)c1cccc(Cl)c1. The van der Waals surface area contributed by atoms with Crippen molar-refractivity contribution in [3.8, 4) is 0 Å². The third kappa shape index (κ3) is 3.05. The Morgan fingerprint density at radius 3 is 2.56 bits per heavy atom. The summed E-state index contributed by atoms with van der Waals surface area (Å²) in [6.45, 7) is 1.55. The molecule has 3 aromatic rings. The Bertz CT molecular complexity index is 1160. The van der Waals surface area contributed by atoms with Crippen LogP contribution in [0.2, 0.25) is 5.02 Å². The van der Waals surface area contributed by atoms with Crippen molar-refractivity contribution < 1.29 is 13.2 Å². The first-order chi connectivity index (χ1) is 12.9. The first kappa shape index (κ1) is 17.8. The molecule has 4 rings (SSSR count). The van der Waals surface area contributed by atoms with Gasteiger partial charge >= 0.3 is 0 Å². The third-order valence-corrected chi connectivity index (χ3v) is 6.73. The Labute approximate surface area is 162 Å². The van der Waals surface area contributed by atoms with E-state index in [9.17, 15) is 13.2 Å². The first-order valence-electron chi connectivity index (χ1n) is 8.47. The van der Waals surface area contributed by atoms with Crippen molar-refractivity contribution in [2.24, 2.45) is 0 Å². The summed E-state index contributed by atoms with van der Waals surface area (Å²) in [5.41, 5.74) is 1.39. The summed E-state index contributed by atoms with van der Waals surface area (Å²) < 4.78 is 27.0. The fourth-order valence-corrected chi connectivity index (χ4v) is 5.27. The minimum absolute atomic E-state index is 0.242. The zero-order valence-electron chi connectivity index (χ0n) is 14.5. The number of hydrogen-bond donors (Lipinski definition) is 1. The molecule has 0 unspecified atom stereocenters. The van der Waals surface area contributed by atoms with Crippen LogP contribution in [0, 0.1) is 0 Å². The van der Waals surface area contributed by atoms with Crippen LogP contribution in [0.25, 0.3) is 10.8 Å². The van der Waals surface area contributed by atoms with Crippen molar-refractivity contribution in [2.75, 3.05) is 10.8 Å². The monoisotopic (exact) mass is 400 g/mol. The molecule has 1 N–H and O–H groups in total. The number of anilines is 1. The van der Waals surface area contributed by atoms with Crippen LogP contribution in [0.4, 0.5) is 5.69 Å². The number of nitrogens with zero attached hydrogens (tertiary/aromatic N) is 1. The maximum Gasteiger partial charge on any atom is 0.265 e. The standard InChI is InChI=1S/C20H17ClN2O3S/c1-13(15-7-2-8-16(21)11-15)22-19(24)12-23-17-9-3-5-14-6-4-10-18(20(14)17)27(23,25)26/h2-11,13H,12H2,1H3,(H,22,24)/t13-/m1/s1. The highest BCUT2D eigenvalue weighted by Crippen LogP contribution is 2.41. The predicted octanol–water partition coefficient (Wildman–Crippen LogP) is 3.88. The van der Waals surface area contributed by atoms with Crippen LogP contribution < -0.4 is 9.62 Å². The Balaban J connectivity index is 1.60. The quantitative estimate of drug-likeness (QED) is 0.722. The second-order valence-corrected chi connectivity index (χ2v) is 8.75. The van der Waals surface area contributed by atoms with Crippen LogP contribution in [-0.2, 0) is 14.8 Å². The van der Waals surface area contributed by atoms with Gasteiger partial charge in [0, 0.05) is 10.4 Å². The van der Waals surface area contributed by atoms with Crippen LogP contribution in [0.1, 0.15) is 18.5 Å². The largest absolute Gasteiger partial charge is 0.348 e. The lowest BCUT2D eigenvalue weighted by Crippen LogP contribution is -2.39. The molecule has 0 fully saturated rings. The highest BCUT2D eigenvalue weighted by atomic mass is 35.5. The van der Waals surface area contributed by atoms with Gasteiger partial charge in [0.1, 0.15) is 6.54 Å². The topological polar surface area (TPSA) is 66.5 Å². The number of hydrogen-bond acceptors (Lipinski definition) is 3. The molecule has 0 aromatic heterocycles. The van der Waals surface area contributed by atoms with Crippen LogP contribution in [0.15, 0.2) is 65.6 Å². The molecule has 1 atom stereocenters. The van der Waals surface area contributed by atoms with Crippen molar-refractivity contribution in [2.45, 2.75) is 17.9 Å². The third-order valence-electron chi connectivity index (χ3n) is 4.69. The van der Waals surface area contributed by atoms with E-state index in [0.29, 0.717) is 16.1 Å². The molecule has 1 amide bonds. The summed E-state index contributed by atoms with van der Waals surface area (Å²) in [4.78, 5) is 12.8. The molecule has 1 aliphatic rings. The van der Waals surface area contributed by atoms with Crippen LogP contribution in [-0.4, -0.2) is 20.9 Å². The molecule has 0 saturated carbocycles. The summed E-state index contributed by atoms with van der Waals surface area (Å²) in [5, 5.41) is 4.92. The molecule has 0 aliphatic carbocycles. The van der Waals surface area contributed by atoms with E-state index >= 15 is 0 Å². The summed E-state index contributed by atoms with van der Waals surface area (Å²) in [5.74, 6) is -0.379. The zero-order chi connectivity index (χ0) is 19.2. The summed E-state index contributed by atoms with van der Waals surface area (Å²) >= 11 is 6.00. The number of benzene rings is 3. The van der Waals surface area contributed by atoms with Gasteiger partial charge in [-0.15, -0.1) is 0 Å². The number of rotatable bonds is 4. The van der Waals surface area contributed by atoms with E-state index in [2.05, 4.69) is 5.32 Å². The van der Waals surface area contributed by atoms with E-state index in [1.165, 1.54) is 4.31 Å². The van der Waals surface area contributed by atoms with Crippen molar-refractivity contribution in [3.05, 3.63) is 71.2 Å². The first-order valence-corrected chi connectivity index (χ1v) is 10.3. The molecule has 0 spiro atoms. The summed E-state index contributed by atoms with van der Waals surface area (Å²) in [6.07, 6.45) is 0. The van der Waals surface area contributed by atoms with Gasteiger partial charge in [0.2, 0.25) is 5.91 Å². The van der Waals surface area contributed by atoms with E-state index in [-0.39, 0.29) is 23.4 Å². The second kappa shape index (κ2) is 6.55. The van der Waals surface area contributed by atoms with E-state index in [4.69, 9.17) is 11.6 Å². The van der Waals surface area contributed by atoms with Gasteiger partial charge in [0.05, 0.1) is 16.6 Å². The Hall–Kier alpha value is -2.57. The lowest BCUT2D eigenvalue weighted by atomic mass is 10.1. The van der Waals surface area contributed by atoms with E-state index in [1.807, 2.05) is 31.2 Å². The molecule has 3 aromatic carbocycles. The molecular formula is C20H17ClN2O3S. The number of sulfonamides is 1. The molecule has 0 radical (unpaired) electrons. The summed E-state index contributed by atoms with van der Waals surface area (Å²) in [7, 11) is -3.75. The average Bonchev–Trinajstić information content (AvgIpc) is 2.85. The molecule has 1 heterocycles. The van der Waals surface area contributed by atoms with Gasteiger partial charge in [-0.2, -0.15) is 0 Å². The van der Waals surface area contributed by atoms with Gasteiger partial charge in [-0.25, -0.2) is 8.42 Å². The van der Waals surface area contributed by atoms with Crippen LogP contribution >= 0.6 is 11.6 Å². The number of halogens is 1. The van der Waals surface area contributed by atoms with Crippen molar-refractivity contribution in [1.29, 1.82) is 0 Å². The average molecular weight is 401 g/mol. The molecule has 27 heavy (non-hydrogen) atoms. The molecule has 7 heteroatoms. The van der Waals surface area contributed by atoms with E-state index in [1.54, 1.807) is 36.4 Å². The van der Waals surface area contributed by atoms with Crippen molar-refractivity contribution in [1.82, 2.24) is 5.32 Å². The minimum atomic E-state index is -3.75. The van der Waals surface area contributed by atoms with Crippen LogP contribution in [0.5, 0.6) is 0 Å². The number of nitrogens with one attached hydrogen (secondary N) is 1. The predicted molar refractivity (Wildman–Crippen MR) is 106 cm³/mol. The molecule has 0 saturated heterocycles. The lowest BCUT2D eigenvalue weighted by Gasteiger charge is -2.20. The van der Waals surface area contributed by atoms with E-state index < -0.39 is 10.0 Å². The van der Waals surface area contributed by atoms with Gasteiger partial charge in [-0.05, 0) is 42.1 Å². The smallest absolute Gasteiger partial charge is 0.265 e. The molecule has 1 aliphatic heterocycles. The van der Waals surface area contributed by atoms with Crippen LogP contribution in [0.3, 0.4) is 0 Å². The number of carbonyl (C=O) groups excluding carboxylic acids is 1. The highest BCUT2D eigenvalue weighted by molar-refractivity contribution is 7.93. The van der Waals surface area contributed by atoms with E-state index in [0.717, 1.165) is 10.9 Å². The van der Waals surface area contributed by atoms with Crippen molar-refractivity contribution >= 4 is 44.0 Å². The minimum Gasteiger partial charge on any atom is -0.348 e. The molecular weight excluding hydrogens is 384 g/mol. The zero-order valence-corrected chi connectivity index (χ0v) is 16.1. The number of amides is 1. The lowest BCUT2D eigenvalue weighted by molar-refractivity contribution is -0.120. The summed E-state index contributed by atoms with van der Waals surface area (Å²) in [6, 6.07) is 17.4. The van der Waals surface area contributed by atoms with Gasteiger partial charge in [0.25, 0.3) is 10.0 Å². The fraction of sp³-hybridized carbons (Fsp3) is 0.150. The van der Waals surface area contributed by atoms with Gasteiger partial charge in [0.15, 0.2) is 0 Å². The van der Waals surface area contributed by atoms with Gasteiger partial charge in [-0.3, -0.25) is 9.10 Å². The highest BCUT2D eigenvalue weighted by Gasteiger charge is 2.36. The maximum absolute atomic E-state index is 12.9. The Morgan fingerprint density at radius 1 is 1.11 bits per heavy atom. The normalized spacial score (nSPS) is 15.7. The second-order valence-electron chi connectivity index (χ2n) is 6.49. The number of carbonyl (C=O) groups is 1. The Kier molecular flexibility index (Phi) is 4.32. The Morgan fingerprint density at radius 2 is 1.81 bits per heavy atom. The van der Waals surface area contributed by atoms with Gasteiger partial charge < -0.3 is 5.32 Å². The van der Waals surface area contributed by atoms with Gasteiger partial charge in [-0.1, -0.05) is 48.0 Å². The maximum atomic E-state index is 12.9. The molecule has 0 bridgehead atoms. The van der Waals surface area contributed by atoms with Crippen molar-refractivity contribution in [3.63, 3.8) is 0 Å². The molecule has 138 valence electrons. The molecule has 5 nitrogen and oxygen atoms in total.